The minimum Gasteiger partial charge on any atom is -0.366 e. The van der Waals surface area contributed by atoms with Gasteiger partial charge in [0.25, 0.3) is 0 Å². The second-order valence-corrected chi connectivity index (χ2v) is 5.87. The van der Waals surface area contributed by atoms with Gasteiger partial charge in [0.2, 0.25) is 5.95 Å². The lowest BCUT2D eigenvalue weighted by molar-refractivity contribution is 0.753. The number of nitrogens with one attached hydrogen (secondary N) is 2. The van der Waals surface area contributed by atoms with Gasteiger partial charge in [-0.25, -0.2) is 4.98 Å². The predicted octanol–water partition coefficient (Wildman–Crippen LogP) is 3.76. The predicted molar refractivity (Wildman–Crippen MR) is 100 cm³/mol. The van der Waals surface area contributed by atoms with Crippen LogP contribution in [-0.2, 0) is 6.54 Å². The highest BCUT2D eigenvalue weighted by atomic mass is 15.2. The molecule has 25 heavy (non-hydrogen) atoms. The maximum atomic E-state index is 4.64. The Bertz CT molecular complexity index is 792. The zero-order valence-electron chi connectivity index (χ0n) is 14.5. The van der Waals surface area contributed by atoms with Gasteiger partial charge in [-0.3, -0.25) is 9.97 Å². The third-order valence-corrected chi connectivity index (χ3v) is 3.89. The Morgan fingerprint density at radius 3 is 2.60 bits per heavy atom. The van der Waals surface area contributed by atoms with E-state index in [1.54, 1.807) is 18.6 Å². The van der Waals surface area contributed by atoms with Gasteiger partial charge in [-0.15, -0.1) is 0 Å². The minimum absolute atomic E-state index is 0.305. The average Bonchev–Trinajstić information content (AvgIpc) is 2.67. The van der Waals surface area contributed by atoms with E-state index >= 15 is 0 Å². The highest BCUT2D eigenvalue weighted by molar-refractivity contribution is 5.64. The summed E-state index contributed by atoms with van der Waals surface area (Å²) in [4.78, 5) is 17.4. The molecule has 0 aromatic carbocycles. The van der Waals surface area contributed by atoms with Crippen molar-refractivity contribution in [1.82, 2.24) is 19.9 Å². The van der Waals surface area contributed by atoms with Gasteiger partial charge in [0.1, 0.15) is 5.82 Å². The minimum atomic E-state index is 0.305. The van der Waals surface area contributed by atoms with Crippen molar-refractivity contribution in [2.45, 2.75) is 32.9 Å². The van der Waals surface area contributed by atoms with E-state index in [1.165, 1.54) is 0 Å². The average molecular weight is 334 g/mol. The second-order valence-electron chi connectivity index (χ2n) is 5.87. The molecule has 128 valence electrons. The van der Waals surface area contributed by atoms with Crippen molar-refractivity contribution in [3.05, 3.63) is 60.7 Å². The smallest absolute Gasteiger partial charge is 0.225 e. The summed E-state index contributed by atoms with van der Waals surface area (Å²) < 4.78 is 0. The molecule has 6 heteroatoms. The van der Waals surface area contributed by atoms with Crippen LogP contribution in [0, 0.1) is 0 Å². The molecule has 0 spiro atoms. The number of pyridine rings is 2. The van der Waals surface area contributed by atoms with E-state index in [-0.39, 0.29) is 0 Å². The fourth-order valence-electron chi connectivity index (χ4n) is 2.29. The molecule has 3 rings (SSSR count). The van der Waals surface area contributed by atoms with E-state index in [0.29, 0.717) is 18.5 Å². The van der Waals surface area contributed by atoms with Crippen LogP contribution in [0.1, 0.15) is 25.8 Å². The molecule has 1 atom stereocenters. The Morgan fingerprint density at radius 2 is 1.88 bits per heavy atom. The molecule has 3 aromatic heterocycles. The molecule has 6 nitrogen and oxygen atoms in total. The van der Waals surface area contributed by atoms with Crippen LogP contribution in [-0.4, -0.2) is 26.0 Å². The number of hydrogen-bond donors (Lipinski definition) is 2. The first-order chi connectivity index (χ1) is 12.2. The summed E-state index contributed by atoms with van der Waals surface area (Å²) in [5, 5.41) is 6.71. The number of hydrogen-bond acceptors (Lipinski definition) is 6. The molecule has 2 N–H and O–H groups in total. The summed E-state index contributed by atoms with van der Waals surface area (Å²) in [7, 11) is 0. The lowest BCUT2D eigenvalue weighted by Gasteiger charge is -2.14. The van der Waals surface area contributed by atoms with Gasteiger partial charge in [0.15, 0.2) is 0 Å². The molecular formula is C19H22N6. The molecule has 0 unspecified atom stereocenters. The molecule has 0 aliphatic heterocycles. The summed E-state index contributed by atoms with van der Waals surface area (Å²) in [5.41, 5.74) is 2.97. The van der Waals surface area contributed by atoms with Gasteiger partial charge in [0.05, 0.1) is 5.69 Å². The zero-order chi connectivity index (χ0) is 17.5. The van der Waals surface area contributed by atoms with Gasteiger partial charge >= 0.3 is 0 Å². The molecule has 0 aliphatic rings. The van der Waals surface area contributed by atoms with E-state index in [4.69, 9.17) is 0 Å². The Kier molecular flexibility index (Phi) is 5.51. The van der Waals surface area contributed by atoms with Crippen LogP contribution < -0.4 is 10.6 Å². The summed E-state index contributed by atoms with van der Waals surface area (Å²) in [6, 6.07) is 10.1. The molecule has 3 aromatic rings. The van der Waals surface area contributed by atoms with E-state index in [9.17, 15) is 0 Å². The van der Waals surface area contributed by atoms with Crippen LogP contribution >= 0.6 is 0 Å². The van der Waals surface area contributed by atoms with Gasteiger partial charge in [-0.05, 0) is 37.1 Å². The van der Waals surface area contributed by atoms with Crippen molar-refractivity contribution in [3.8, 4) is 11.3 Å². The molecule has 0 saturated heterocycles. The molecule has 0 radical (unpaired) electrons. The van der Waals surface area contributed by atoms with Gasteiger partial charge in [0, 0.05) is 49.0 Å². The van der Waals surface area contributed by atoms with Gasteiger partial charge in [-0.2, -0.15) is 4.98 Å². The quantitative estimate of drug-likeness (QED) is 0.685. The van der Waals surface area contributed by atoms with Crippen molar-refractivity contribution in [2.24, 2.45) is 0 Å². The summed E-state index contributed by atoms with van der Waals surface area (Å²) in [6.45, 7) is 4.90. The maximum Gasteiger partial charge on any atom is 0.225 e. The topological polar surface area (TPSA) is 75.6 Å². The van der Waals surface area contributed by atoms with Crippen LogP contribution in [0.3, 0.4) is 0 Å². The maximum absolute atomic E-state index is 4.64. The monoisotopic (exact) mass is 334 g/mol. The molecule has 0 saturated carbocycles. The molecule has 0 amide bonds. The van der Waals surface area contributed by atoms with Crippen molar-refractivity contribution in [2.75, 3.05) is 10.6 Å². The fourth-order valence-corrected chi connectivity index (χ4v) is 2.29. The first kappa shape index (κ1) is 16.8. The van der Waals surface area contributed by atoms with Crippen molar-refractivity contribution < 1.29 is 0 Å². The number of aromatic nitrogens is 4. The highest BCUT2D eigenvalue weighted by Gasteiger charge is 2.09. The van der Waals surface area contributed by atoms with Crippen LogP contribution in [0.5, 0.6) is 0 Å². The van der Waals surface area contributed by atoms with Crippen molar-refractivity contribution >= 4 is 11.8 Å². The third-order valence-electron chi connectivity index (χ3n) is 3.89. The van der Waals surface area contributed by atoms with Gasteiger partial charge < -0.3 is 10.6 Å². The molecule has 0 fully saturated rings. The number of nitrogens with zero attached hydrogens (tertiary/aromatic N) is 4. The lowest BCUT2D eigenvalue weighted by Crippen LogP contribution is -2.16. The molecule has 0 bridgehead atoms. The van der Waals surface area contributed by atoms with E-state index < -0.39 is 0 Å². The Balaban J connectivity index is 1.86. The van der Waals surface area contributed by atoms with Crippen LogP contribution in [0.2, 0.25) is 0 Å². The van der Waals surface area contributed by atoms with E-state index in [2.05, 4.69) is 44.4 Å². The van der Waals surface area contributed by atoms with Crippen LogP contribution in [0.15, 0.2) is 55.1 Å². The van der Waals surface area contributed by atoms with Crippen LogP contribution in [0.25, 0.3) is 11.3 Å². The highest BCUT2D eigenvalue weighted by Crippen LogP contribution is 2.21. The SMILES string of the molecule is CC[C@H](C)Nc1nc(NCc2cccnc2)cc(-c2ccncc2)n1. The number of rotatable bonds is 7. The zero-order valence-corrected chi connectivity index (χ0v) is 14.5. The van der Waals surface area contributed by atoms with Crippen molar-refractivity contribution in [1.29, 1.82) is 0 Å². The summed E-state index contributed by atoms with van der Waals surface area (Å²) in [5.74, 6) is 1.40. The molecular weight excluding hydrogens is 312 g/mol. The van der Waals surface area contributed by atoms with Crippen LogP contribution in [0.4, 0.5) is 11.8 Å². The largest absolute Gasteiger partial charge is 0.366 e. The van der Waals surface area contributed by atoms with Crippen molar-refractivity contribution in [3.63, 3.8) is 0 Å². The molecule has 0 aliphatic carbocycles. The first-order valence-corrected chi connectivity index (χ1v) is 8.43. The van der Waals surface area contributed by atoms with E-state index in [0.717, 1.165) is 29.1 Å². The first-order valence-electron chi connectivity index (χ1n) is 8.43. The lowest BCUT2D eigenvalue weighted by atomic mass is 10.2. The normalized spacial score (nSPS) is 11.8. The Labute approximate surface area is 147 Å². The van der Waals surface area contributed by atoms with E-state index in [1.807, 2.05) is 36.5 Å². The summed E-state index contributed by atoms with van der Waals surface area (Å²) >= 11 is 0. The standard InChI is InChI=1S/C19H22N6/c1-3-14(2)23-19-24-17(16-6-9-20-10-7-16)11-18(25-19)22-13-15-5-4-8-21-12-15/h4-12,14H,3,13H2,1-2H3,(H2,22,23,24,25)/t14-/m0/s1. The summed E-state index contributed by atoms with van der Waals surface area (Å²) in [6.07, 6.45) is 8.14. The number of anilines is 2. The third kappa shape index (κ3) is 4.73. The second kappa shape index (κ2) is 8.19. The Morgan fingerprint density at radius 1 is 1.04 bits per heavy atom. The van der Waals surface area contributed by atoms with Gasteiger partial charge in [-0.1, -0.05) is 13.0 Å². The fraction of sp³-hybridized carbons (Fsp3) is 0.263. The Hall–Kier alpha value is -3.02. The molecule has 3 heterocycles.